The molecule has 29 heavy (non-hydrogen) atoms. The lowest BCUT2D eigenvalue weighted by Gasteiger charge is -2.26. The van der Waals surface area contributed by atoms with Crippen molar-refractivity contribution in [1.82, 2.24) is 15.6 Å². The molecule has 0 saturated carbocycles. The van der Waals surface area contributed by atoms with Gasteiger partial charge >= 0.3 is 6.03 Å². The molecule has 0 radical (unpaired) electrons. The molecule has 1 fully saturated rings. The van der Waals surface area contributed by atoms with Crippen LogP contribution in [0.3, 0.4) is 0 Å². The van der Waals surface area contributed by atoms with Crippen LogP contribution in [0.2, 0.25) is 0 Å². The summed E-state index contributed by atoms with van der Waals surface area (Å²) >= 11 is 0. The maximum absolute atomic E-state index is 12.3. The summed E-state index contributed by atoms with van der Waals surface area (Å²) in [6.45, 7) is 2.07. The van der Waals surface area contributed by atoms with Crippen molar-refractivity contribution in [2.45, 2.75) is 32.0 Å². The smallest absolute Gasteiger partial charge is 0.319 e. The number of aromatic nitrogens is 1. The molecule has 3 rings (SSSR count). The molecule has 2 aromatic rings. The summed E-state index contributed by atoms with van der Waals surface area (Å²) in [6, 6.07) is 10.2. The van der Waals surface area contributed by atoms with Crippen molar-refractivity contribution >= 4 is 17.6 Å². The Hall–Kier alpha value is -2.97. The summed E-state index contributed by atoms with van der Waals surface area (Å²) in [5.41, 5.74) is 8.59. The van der Waals surface area contributed by atoms with Gasteiger partial charge in [0.15, 0.2) is 0 Å². The zero-order valence-corrected chi connectivity index (χ0v) is 16.3. The fourth-order valence-electron chi connectivity index (χ4n) is 3.21. The number of nitrogens with two attached hydrogens (primary N) is 1. The highest BCUT2D eigenvalue weighted by molar-refractivity contribution is 5.89. The average Bonchev–Trinajstić information content (AvgIpc) is 2.77. The lowest BCUT2D eigenvalue weighted by molar-refractivity contribution is -0.124. The van der Waals surface area contributed by atoms with Gasteiger partial charge in [-0.15, -0.1) is 0 Å². The zero-order chi connectivity index (χ0) is 20.5. The Morgan fingerprint density at radius 3 is 2.55 bits per heavy atom. The van der Waals surface area contributed by atoms with Crippen molar-refractivity contribution in [2.24, 2.45) is 11.7 Å². The van der Waals surface area contributed by atoms with E-state index in [0.717, 1.165) is 24.0 Å². The van der Waals surface area contributed by atoms with Gasteiger partial charge in [0, 0.05) is 44.4 Å². The molecule has 8 nitrogen and oxygen atoms in total. The van der Waals surface area contributed by atoms with Crippen LogP contribution in [0, 0.1) is 5.92 Å². The van der Waals surface area contributed by atoms with E-state index in [1.54, 1.807) is 18.5 Å². The van der Waals surface area contributed by atoms with Crippen molar-refractivity contribution in [2.75, 3.05) is 18.5 Å². The molecule has 154 valence electrons. The SMILES string of the molecule is NC(C(=O)NCc1cccc(NC(=O)NCc2ccncc2)c1)C1CCOCC1. The van der Waals surface area contributed by atoms with E-state index in [9.17, 15) is 9.59 Å². The van der Waals surface area contributed by atoms with E-state index in [-0.39, 0.29) is 17.9 Å². The van der Waals surface area contributed by atoms with Crippen LogP contribution in [0.1, 0.15) is 24.0 Å². The number of rotatable bonds is 7. The van der Waals surface area contributed by atoms with E-state index < -0.39 is 6.04 Å². The van der Waals surface area contributed by atoms with Gasteiger partial charge in [0.05, 0.1) is 6.04 Å². The average molecular weight is 397 g/mol. The fourth-order valence-corrected chi connectivity index (χ4v) is 3.21. The first kappa shape index (κ1) is 20.8. The van der Waals surface area contributed by atoms with Crippen LogP contribution in [-0.4, -0.2) is 36.2 Å². The molecule has 0 bridgehead atoms. The maximum atomic E-state index is 12.3. The van der Waals surface area contributed by atoms with Crippen LogP contribution in [-0.2, 0) is 22.6 Å². The molecule has 5 N–H and O–H groups in total. The van der Waals surface area contributed by atoms with Crippen LogP contribution in [0.4, 0.5) is 10.5 Å². The minimum atomic E-state index is -0.529. The summed E-state index contributed by atoms with van der Waals surface area (Å²) in [7, 11) is 0. The lowest BCUT2D eigenvalue weighted by atomic mass is 9.92. The van der Waals surface area contributed by atoms with Gasteiger partial charge in [0.25, 0.3) is 0 Å². The molecule has 0 aliphatic carbocycles. The number of ether oxygens (including phenoxy) is 1. The highest BCUT2D eigenvalue weighted by atomic mass is 16.5. The highest BCUT2D eigenvalue weighted by Crippen LogP contribution is 2.18. The van der Waals surface area contributed by atoms with Gasteiger partial charge in [0.1, 0.15) is 0 Å². The summed E-state index contributed by atoms with van der Waals surface area (Å²) in [6.07, 6.45) is 4.98. The van der Waals surface area contributed by atoms with E-state index in [2.05, 4.69) is 20.9 Å². The second kappa shape index (κ2) is 10.5. The molecule has 3 amide bonds. The molecule has 1 aliphatic heterocycles. The summed E-state index contributed by atoms with van der Waals surface area (Å²) in [5.74, 6) is -0.00815. The molecule has 1 unspecified atom stereocenters. The number of hydrogen-bond donors (Lipinski definition) is 4. The number of nitrogens with one attached hydrogen (secondary N) is 3. The molecular weight excluding hydrogens is 370 g/mol. The first-order valence-electron chi connectivity index (χ1n) is 9.75. The van der Waals surface area contributed by atoms with Crippen LogP contribution >= 0.6 is 0 Å². The lowest BCUT2D eigenvalue weighted by Crippen LogP contribution is -2.46. The molecule has 1 aromatic carbocycles. The minimum absolute atomic E-state index is 0.154. The van der Waals surface area contributed by atoms with E-state index in [1.807, 2.05) is 30.3 Å². The highest BCUT2D eigenvalue weighted by Gasteiger charge is 2.26. The summed E-state index contributed by atoms with van der Waals surface area (Å²) < 4.78 is 5.32. The van der Waals surface area contributed by atoms with Crippen molar-refractivity contribution in [3.8, 4) is 0 Å². The van der Waals surface area contributed by atoms with Crippen LogP contribution in [0.15, 0.2) is 48.8 Å². The Bertz CT molecular complexity index is 809. The Balaban J connectivity index is 1.46. The van der Waals surface area contributed by atoms with Gasteiger partial charge < -0.3 is 26.4 Å². The molecule has 8 heteroatoms. The monoisotopic (exact) mass is 397 g/mol. The molecule has 0 spiro atoms. The molecule has 1 atom stereocenters. The second-order valence-corrected chi connectivity index (χ2v) is 7.06. The van der Waals surface area contributed by atoms with Crippen LogP contribution in [0.5, 0.6) is 0 Å². The largest absolute Gasteiger partial charge is 0.381 e. The quantitative estimate of drug-likeness (QED) is 0.568. The molecule has 2 heterocycles. The Labute approximate surface area is 170 Å². The normalized spacial score (nSPS) is 15.3. The third-order valence-corrected chi connectivity index (χ3v) is 4.93. The standard InChI is InChI=1S/C21H27N5O3/c22-19(17-6-10-29-11-7-17)20(27)24-14-16-2-1-3-18(12-16)26-21(28)25-13-15-4-8-23-9-5-15/h1-5,8-9,12,17,19H,6-7,10-11,13-14,22H2,(H,24,27)(H2,25,26,28). The van der Waals surface area contributed by atoms with Crippen molar-refractivity contribution in [3.63, 3.8) is 0 Å². The predicted octanol–water partition coefficient (Wildman–Crippen LogP) is 1.77. The second-order valence-electron chi connectivity index (χ2n) is 7.06. The van der Waals surface area contributed by atoms with E-state index >= 15 is 0 Å². The van der Waals surface area contributed by atoms with E-state index in [4.69, 9.17) is 10.5 Å². The van der Waals surface area contributed by atoms with Crippen molar-refractivity contribution < 1.29 is 14.3 Å². The number of anilines is 1. The predicted molar refractivity (Wildman–Crippen MR) is 110 cm³/mol. The van der Waals surface area contributed by atoms with Crippen LogP contribution in [0.25, 0.3) is 0 Å². The van der Waals surface area contributed by atoms with E-state index in [0.29, 0.717) is 32.0 Å². The Morgan fingerprint density at radius 2 is 1.79 bits per heavy atom. The molecule has 1 aliphatic rings. The number of benzene rings is 1. The summed E-state index contributed by atoms with van der Waals surface area (Å²) in [5, 5.41) is 8.48. The van der Waals surface area contributed by atoms with Gasteiger partial charge in [-0.05, 0) is 54.2 Å². The topological polar surface area (TPSA) is 118 Å². The zero-order valence-electron chi connectivity index (χ0n) is 16.3. The van der Waals surface area contributed by atoms with Crippen molar-refractivity contribution in [3.05, 3.63) is 59.9 Å². The number of pyridine rings is 1. The van der Waals surface area contributed by atoms with Gasteiger partial charge in [0.2, 0.25) is 5.91 Å². The third kappa shape index (κ3) is 6.55. The fraction of sp³-hybridized carbons (Fsp3) is 0.381. The Morgan fingerprint density at radius 1 is 1.07 bits per heavy atom. The number of carbonyl (C=O) groups is 2. The number of carbonyl (C=O) groups excluding carboxylic acids is 2. The number of urea groups is 1. The van der Waals surface area contributed by atoms with Crippen LogP contribution < -0.4 is 21.7 Å². The molecule has 1 aromatic heterocycles. The number of nitrogens with zero attached hydrogens (tertiary/aromatic N) is 1. The first-order valence-corrected chi connectivity index (χ1v) is 9.75. The summed E-state index contributed by atoms with van der Waals surface area (Å²) in [4.78, 5) is 28.4. The molecular formula is C21H27N5O3. The minimum Gasteiger partial charge on any atom is -0.381 e. The van der Waals surface area contributed by atoms with Gasteiger partial charge in [-0.25, -0.2) is 4.79 Å². The van der Waals surface area contributed by atoms with Crippen molar-refractivity contribution in [1.29, 1.82) is 0 Å². The van der Waals surface area contributed by atoms with Gasteiger partial charge in [-0.1, -0.05) is 12.1 Å². The Kier molecular flexibility index (Phi) is 7.54. The number of amides is 3. The van der Waals surface area contributed by atoms with Gasteiger partial charge in [-0.3, -0.25) is 9.78 Å². The van der Waals surface area contributed by atoms with E-state index in [1.165, 1.54) is 0 Å². The maximum Gasteiger partial charge on any atom is 0.319 e. The van der Waals surface area contributed by atoms with Gasteiger partial charge in [-0.2, -0.15) is 0 Å². The molecule has 1 saturated heterocycles. The number of hydrogen-bond acceptors (Lipinski definition) is 5. The first-order chi connectivity index (χ1) is 14.1. The third-order valence-electron chi connectivity index (χ3n) is 4.93.